The first-order chi connectivity index (χ1) is 8.72. The fourth-order valence-corrected chi connectivity index (χ4v) is 1.17. The van der Waals surface area contributed by atoms with Crippen molar-refractivity contribution in [2.75, 3.05) is 19.8 Å². The van der Waals surface area contributed by atoms with Crippen LogP contribution in [0, 0.1) is 0 Å². The van der Waals surface area contributed by atoms with Gasteiger partial charge in [-0.15, -0.1) is 0 Å². The second-order valence-corrected chi connectivity index (χ2v) is 5.35. The highest BCUT2D eigenvalue weighted by molar-refractivity contribution is 5.60. The van der Waals surface area contributed by atoms with Crippen molar-refractivity contribution in [3.8, 4) is 0 Å². The van der Waals surface area contributed by atoms with Crippen molar-refractivity contribution in [3.63, 3.8) is 0 Å². The topological polar surface area (TPSA) is 65.0 Å². The minimum atomic E-state index is -0.765. The van der Waals surface area contributed by atoms with E-state index in [-0.39, 0.29) is 13.2 Å². The molecule has 0 saturated carbocycles. The van der Waals surface area contributed by atoms with Crippen LogP contribution in [0.15, 0.2) is 12.7 Å². The molecule has 0 aromatic rings. The zero-order chi connectivity index (χ0) is 14.9. The molecule has 5 heteroatoms. The molecule has 0 fully saturated rings. The molecule has 1 unspecified atom stereocenters. The van der Waals surface area contributed by atoms with E-state index >= 15 is 0 Å². The van der Waals surface area contributed by atoms with Gasteiger partial charge in [0.25, 0.3) is 0 Å². The molecule has 0 radical (unpaired) electrons. The third-order valence-electron chi connectivity index (χ3n) is 2.73. The predicted octanol–water partition coefficient (Wildman–Crippen LogP) is 2.67. The molecule has 0 saturated heterocycles. The van der Waals surface area contributed by atoms with Crippen LogP contribution in [-0.2, 0) is 14.2 Å². The number of carbonyl (C=O) groups excluding carboxylic acids is 1. The zero-order valence-corrected chi connectivity index (χ0v) is 12.4. The van der Waals surface area contributed by atoms with Gasteiger partial charge < -0.3 is 19.3 Å². The lowest BCUT2D eigenvalue weighted by molar-refractivity contribution is -0.0936. The number of carbonyl (C=O) groups is 1. The van der Waals surface area contributed by atoms with Crippen LogP contribution in [0.4, 0.5) is 4.79 Å². The van der Waals surface area contributed by atoms with Crippen molar-refractivity contribution in [1.82, 2.24) is 0 Å². The Morgan fingerprint density at radius 1 is 1.32 bits per heavy atom. The van der Waals surface area contributed by atoms with E-state index in [9.17, 15) is 9.90 Å². The Balaban J connectivity index is 4.07. The molecule has 1 N–H and O–H groups in total. The van der Waals surface area contributed by atoms with E-state index in [4.69, 9.17) is 14.2 Å². The van der Waals surface area contributed by atoms with Gasteiger partial charge in [-0.1, -0.05) is 19.6 Å². The number of ether oxygens (including phenoxy) is 3. The summed E-state index contributed by atoms with van der Waals surface area (Å²) < 4.78 is 15.4. The summed E-state index contributed by atoms with van der Waals surface area (Å²) in [5, 5.41) is 9.61. The van der Waals surface area contributed by atoms with Crippen molar-refractivity contribution in [1.29, 1.82) is 0 Å². The van der Waals surface area contributed by atoms with E-state index in [1.807, 2.05) is 13.8 Å². The third-order valence-corrected chi connectivity index (χ3v) is 2.73. The highest BCUT2D eigenvalue weighted by Gasteiger charge is 2.26. The zero-order valence-electron chi connectivity index (χ0n) is 12.4. The Morgan fingerprint density at radius 3 is 2.42 bits per heavy atom. The van der Waals surface area contributed by atoms with Crippen LogP contribution in [0.1, 0.15) is 40.5 Å². The summed E-state index contributed by atoms with van der Waals surface area (Å²) in [5.74, 6) is 0. The molecule has 0 spiro atoms. The maximum absolute atomic E-state index is 11.2. The van der Waals surface area contributed by atoms with Gasteiger partial charge >= 0.3 is 6.16 Å². The lowest BCUT2D eigenvalue weighted by Crippen LogP contribution is -2.36. The molecule has 0 aliphatic heterocycles. The van der Waals surface area contributed by atoms with Gasteiger partial charge in [0.15, 0.2) is 0 Å². The lowest BCUT2D eigenvalue weighted by Gasteiger charge is -2.29. The molecular weight excluding hydrogens is 248 g/mol. The highest BCUT2D eigenvalue weighted by Crippen LogP contribution is 2.18. The average molecular weight is 274 g/mol. The van der Waals surface area contributed by atoms with Crippen molar-refractivity contribution in [2.24, 2.45) is 0 Å². The van der Waals surface area contributed by atoms with Crippen LogP contribution in [0.3, 0.4) is 0 Å². The number of hydrogen-bond acceptors (Lipinski definition) is 5. The van der Waals surface area contributed by atoms with E-state index < -0.39 is 17.4 Å². The van der Waals surface area contributed by atoms with Gasteiger partial charge in [-0.2, -0.15) is 0 Å². The summed E-state index contributed by atoms with van der Waals surface area (Å²) in [6.07, 6.45) is 1.95. The molecule has 0 amide bonds. The largest absolute Gasteiger partial charge is 0.508 e. The van der Waals surface area contributed by atoms with Gasteiger partial charge in [0.1, 0.15) is 13.2 Å². The SMILES string of the molecule is C=CCOC(=O)OCC(C)(CC)OCCC(C)(C)O. The van der Waals surface area contributed by atoms with Crippen LogP contribution in [0.5, 0.6) is 0 Å². The van der Waals surface area contributed by atoms with Crippen LogP contribution >= 0.6 is 0 Å². The van der Waals surface area contributed by atoms with E-state index in [0.29, 0.717) is 19.4 Å². The molecule has 0 rings (SSSR count). The Kier molecular flexibility index (Phi) is 7.71. The first-order valence-electron chi connectivity index (χ1n) is 6.49. The summed E-state index contributed by atoms with van der Waals surface area (Å²) in [6.45, 7) is 11.3. The van der Waals surface area contributed by atoms with E-state index in [1.54, 1.807) is 13.8 Å². The molecular formula is C14H26O5. The Bertz CT molecular complexity index is 282. The van der Waals surface area contributed by atoms with Crippen molar-refractivity contribution >= 4 is 6.16 Å². The molecule has 0 aromatic heterocycles. The molecule has 0 heterocycles. The van der Waals surface area contributed by atoms with Crippen LogP contribution < -0.4 is 0 Å². The van der Waals surface area contributed by atoms with Gasteiger partial charge in [-0.05, 0) is 33.6 Å². The molecule has 0 aliphatic rings. The van der Waals surface area contributed by atoms with Crippen molar-refractivity contribution in [2.45, 2.75) is 51.7 Å². The second-order valence-electron chi connectivity index (χ2n) is 5.35. The molecule has 0 aliphatic carbocycles. The normalized spacial score (nSPS) is 14.6. The Morgan fingerprint density at radius 2 is 1.95 bits per heavy atom. The van der Waals surface area contributed by atoms with E-state index in [0.717, 1.165) is 0 Å². The van der Waals surface area contributed by atoms with E-state index in [1.165, 1.54) is 6.08 Å². The maximum Gasteiger partial charge on any atom is 0.508 e. The molecule has 1 atom stereocenters. The first kappa shape index (κ1) is 17.9. The smallest absolute Gasteiger partial charge is 0.431 e. The highest BCUT2D eigenvalue weighted by atomic mass is 16.7. The summed E-state index contributed by atoms with van der Waals surface area (Å²) in [6, 6.07) is 0. The minimum Gasteiger partial charge on any atom is -0.431 e. The molecule has 112 valence electrons. The molecule has 5 nitrogen and oxygen atoms in total. The second kappa shape index (κ2) is 8.17. The fraction of sp³-hybridized carbons (Fsp3) is 0.786. The number of hydrogen-bond donors (Lipinski definition) is 1. The van der Waals surface area contributed by atoms with Gasteiger partial charge in [0, 0.05) is 0 Å². The standard InChI is InChI=1S/C14H26O5/c1-6-9-17-12(15)18-11-14(5,7-2)19-10-8-13(3,4)16/h6,16H,1,7-11H2,2-5H3. The van der Waals surface area contributed by atoms with Crippen molar-refractivity contribution in [3.05, 3.63) is 12.7 Å². The molecule has 0 aromatic carbocycles. The van der Waals surface area contributed by atoms with Gasteiger partial charge in [0.05, 0.1) is 17.8 Å². The quantitative estimate of drug-likeness (QED) is 0.517. The summed E-state index contributed by atoms with van der Waals surface area (Å²) in [7, 11) is 0. The summed E-state index contributed by atoms with van der Waals surface area (Å²) in [4.78, 5) is 11.2. The van der Waals surface area contributed by atoms with Gasteiger partial charge in [0.2, 0.25) is 0 Å². The minimum absolute atomic E-state index is 0.116. The fourth-order valence-electron chi connectivity index (χ4n) is 1.17. The van der Waals surface area contributed by atoms with Crippen LogP contribution in [-0.4, -0.2) is 42.3 Å². The predicted molar refractivity (Wildman–Crippen MR) is 73.1 cm³/mol. The maximum atomic E-state index is 11.2. The molecule has 19 heavy (non-hydrogen) atoms. The third kappa shape index (κ3) is 9.50. The monoisotopic (exact) mass is 274 g/mol. The van der Waals surface area contributed by atoms with Gasteiger partial charge in [-0.3, -0.25) is 0 Å². The Labute approximate surface area is 115 Å². The first-order valence-corrected chi connectivity index (χ1v) is 6.49. The molecule has 0 bridgehead atoms. The van der Waals surface area contributed by atoms with Crippen molar-refractivity contribution < 1.29 is 24.1 Å². The van der Waals surface area contributed by atoms with E-state index in [2.05, 4.69) is 6.58 Å². The number of aliphatic hydroxyl groups is 1. The van der Waals surface area contributed by atoms with Gasteiger partial charge in [-0.25, -0.2) is 4.79 Å². The van der Waals surface area contributed by atoms with Crippen LogP contribution in [0.2, 0.25) is 0 Å². The lowest BCUT2D eigenvalue weighted by atomic mass is 10.0. The Hall–Kier alpha value is -1.07. The average Bonchev–Trinajstić information content (AvgIpc) is 2.32. The number of rotatable bonds is 9. The van der Waals surface area contributed by atoms with Crippen LogP contribution in [0.25, 0.3) is 0 Å². The summed E-state index contributed by atoms with van der Waals surface area (Å²) in [5.41, 5.74) is -1.34. The summed E-state index contributed by atoms with van der Waals surface area (Å²) >= 11 is 0.